The molecule has 3 aromatic rings. The third-order valence-electron chi connectivity index (χ3n) is 5.16. The fourth-order valence-corrected chi connectivity index (χ4v) is 4.15. The average molecular weight is 424 g/mol. The summed E-state index contributed by atoms with van der Waals surface area (Å²) in [5, 5.41) is 8.70. The first-order valence-electron chi connectivity index (χ1n) is 9.96. The topological polar surface area (TPSA) is 86.3 Å². The highest BCUT2D eigenvalue weighted by Crippen LogP contribution is 2.28. The van der Waals surface area contributed by atoms with Crippen molar-refractivity contribution in [1.82, 2.24) is 14.9 Å². The Bertz CT molecular complexity index is 1030. The Hall–Kier alpha value is -3.00. The van der Waals surface area contributed by atoms with Crippen LogP contribution in [0.25, 0.3) is 0 Å². The molecule has 0 atom stereocenters. The molecular weight excluding hydrogens is 398 g/mol. The lowest BCUT2D eigenvalue weighted by Gasteiger charge is -2.16. The summed E-state index contributed by atoms with van der Waals surface area (Å²) in [6, 6.07) is 16.0. The van der Waals surface area contributed by atoms with Gasteiger partial charge >= 0.3 is 0 Å². The second-order valence-corrected chi connectivity index (χ2v) is 8.44. The highest BCUT2D eigenvalue weighted by Gasteiger charge is 2.24. The smallest absolute Gasteiger partial charge is 0.237 e. The first-order valence-corrected chi connectivity index (χ1v) is 10.9. The Morgan fingerprint density at radius 3 is 2.70 bits per heavy atom. The van der Waals surface area contributed by atoms with Gasteiger partial charge in [-0.2, -0.15) is 0 Å². The molecule has 1 aliphatic rings. The summed E-state index contributed by atoms with van der Waals surface area (Å²) in [6.07, 6.45) is 0.888. The van der Waals surface area contributed by atoms with Crippen LogP contribution >= 0.6 is 11.8 Å². The molecule has 1 aromatic heterocycles. The number of nitrogen functional groups attached to an aromatic ring is 1. The summed E-state index contributed by atoms with van der Waals surface area (Å²) in [7, 11) is 0. The van der Waals surface area contributed by atoms with Gasteiger partial charge in [0.05, 0.1) is 5.75 Å². The summed E-state index contributed by atoms with van der Waals surface area (Å²) in [4.78, 5) is 14.5. The number of nitrogens with two attached hydrogens (primary N) is 1. The van der Waals surface area contributed by atoms with Crippen LogP contribution in [0.5, 0.6) is 5.75 Å². The van der Waals surface area contributed by atoms with E-state index in [1.807, 2.05) is 35.2 Å². The van der Waals surface area contributed by atoms with Crippen LogP contribution in [0.15, 0.2) is 53.7 Å². The highest BCUT2D eigenvalue weighted by atomic mass is 32.2. The maximum absolute atomic E-state index is 12.7. The number of hydrogen-bond acceptors (Lipinski definition) is 6. The van der Waals surface area contributed by atoms with Crippen molar-refractivity contribution in [2.45, 2.75) is 37.9 Å². The molecule has 30 heavy (non-hydrogen) atoms. The summed E-state index contributed by atoms with van der Waals surface area (Å²) < 4.78 is 7.17. The van der Waals surface area contributed by atoms with E-state index in [0.29, 0.717) is 23.4 Å². The van der Waals surface area contributed by atoms with E-state index in [-0.39, 0.29) is 18.3 Å². The Kier molecular flexibility index (Phi) is 5.94. The van der Waals surface area contributed by atoms with Gasteiger partial charge in [-0.1, -0.05) is 55.9 Å². The van der Waals surface area contributed by atoms with Crippen molar-refractivity contribution in [3.05, 3.63) is 65.5 Å². The molecule has 2 heterocycles. The molecule has 0 bridgehead atoms. The number of ether oxygens (including phenoxy) is 1. The van der Waals surface area contributed by atoms with E-state index < -0.39 is 0 Å². The molecule has 4 rings (SSSR count). The van der Waals surface area contributed by atoms with Crippen LogP contribution < -0.4 is 15.5 Å². The largest absolute Gasteiger partial charge is 0.486 e. The van der Waals surface area contributed by atoms with E-state index in [4.69, 9.17) is 10.6 Å². The Balaban J connectivity index is 1.33. The summed E-state index contributed by atoms with van der Waals surface area (Å²) >= 11 is 1.28. The molecule has 156 valence electrons. The van der Waals surface area contributed by atoms with Crippen molar-refractivity contribution in [3.8, 4) is 5.75 Å². The van der Waals surface area contributed by atoms with E-state index in [1.165, 1.54) is 27.6 Å². The van der Waals surface area contributed by atoms with Gasteiger partial charge in [0, 0.05) is 12.2 Å². The molecule has 0 saturated carbocycles. The minimum Gasteiger partial charge on any atom is -0.486 e. The third-order valence-corrected chi connectivity index (χ3v) is 6.09. The number of rotatable bonds is 7. The SMILES string of the molecule is CC(C)c1ccc(OCc2nnc(SCC(=O)N3CCc4ccccc43)n2N)cc1. The van der Waals surface area contributed by atoms with Crippen molar-refractivity contribution in [2.75, 3.05) is 23.0 Å². The molecule has 2 aromatic carbocycles. The predicted molar refractivity (Wildman–Crippen MR) is 118 cm³/mol. The van der Waals surface area contributed by atoms with Gasteiger partial charge in [0.1, 0.15) is 12.4 Å². The zero-order valence-electron chi connectivity index (χ0n) is 17.1. The van der Waals surface area contributed by atoms with Crippen molar-refractivity contribution in [2.24, 2.45) is 0 Å². The molecule has 8 heteroatoms. The van der Waals surface area contributed by atoms with Crippen LogP contribution in [0.3, 0.4) is 0 Å². The van der Waals surface area contributed by atoms with Crippen LogP contribution in [0, 0.1) is 0 Å². The number of hydrogen-bond donors (Lipinski definition) is 1. The minimum atomic E-state index is 0.0380. The fourth-order valence-electron chi connectivity index (χ4n) is 3.40. The first-order chi connectivity index (χ1) is 14.5. The minimum absolute atomic E-state index is 0.0380. The van der Waals surface area contributed by atoms with Gasteiger partial charge in [0.2, 0.25) is 11.1 Å². The summed E-state index contributed by atoms with van der Waals surface area (Å²) in [5.41, 5.74) is 3.46. The molecule has 2 N–H and O–H groups in total. The Morgan fingerprint density at radius 2 is 1.93 bits per heavy atom. The summed E-state index contributed by atoms with van der Waals surface area (Å²) in [6.45, 7) is 5.22. The van der Waals surface area contributed by atoms with Gasteiger partial charge in [-0.05, 0) is 41.7 Å². The standard InChI is InChI=1S/C22H25N5O2S/c1-15(2)16-7-9-18(10-8-16)29-13-20-24-25-22(27(20)23)30-14-21(28)26-12-11-17-5-3-4-6-19(17)26/h3-10,15H,11-14,23H2,1-2H3. The normalized spacial score (nSPS) is 13.0. The van der Waals surface area contributed by atoms with E-state index in [9.17, 15) is 4.79 Å². The molecule has 0 unspecified atom stereocenters. The predicted octanol–water partition coefficient (Wildman–Crippen LogP) is 3.38. The fraction of sp³-hybridized carbons (Fsp3) is 0.318. The lowest BCUT2D eigenvalue weighted by atomic mass is 10.0. The molecule has 0 aliphatic carbocycles. The number of fused-ring (bicyclic) bond motifs is 1. The van der Waals surface area contributed by atoms with E-state index in [0.717, 1.165) is 17.9 Å². The number of carbonyl (C=O) groups is 1. The van der Waals surface area contributed by atoms with Crippen molar-refractivity contribution in [3.63, 3.8) is 0 Å². The van der Waals surface area contributed by atoms with Gasteiger partial charge in [0.25, 0.3) is 0 Å². The van der Waals surface area contributed by atoms with Crippen LogP contribution in [-0.4, -0.2) is 33.1 Å². The van der Waals surface area contributed by atoms with Gasteiger partial charge in [0.15, 0.2) is 5.82 Å². The number of thioether (sulfide) groups is 1. The molecule has 1 amide bonds. The van der Waals surface area contributed by atoms with Crippen molar-refractivity contribution in [1.29, 1.82) is 0 Å². The maximum atomic E-state index is 12.7. The highest BCUT2D eigenvalue weighted by molar-refractivity contribution is 7.99. The first kappa shape index (κ1) is 20.3. The number of para-hydroxylation sites is 1. The van der Waals surface area contributed by atoms with Gasteiger partial charge in [-0.3, -0.25) is 4.79 Å². The van der Waals surface area contributed by atoms with Crippen LogP contribution in [0.2, 0.25) is 0 Å². The number of benzene rings is 2. The van der Waals surface area contributed by atoms with Gasteiger partial charge in [-0.25, -0.2) is 4.68 Å². The van der Waals surface area contributed by atoms with E-state index in [1.54, 1.807) is 0 Å². The molecule has 7 nitrogen and oxygen atoms in total. The monoisotopic (exact) mass is 423 g/mol. The Morgan fingerprint density at radius 1 is 1.17 bits per heavy atom. The number of aromatic nitrogens is 3. The van der Waals surface area contributed by atoms with E-state index in [2.05, 4.69) is 42.2 Å². The second kappa shape index (κ2) is 8.79. The average Bonchev–Trinajstić information content (AvgIpc) is 3.34. The van der Waals surface area contributed by atoms with Crippen LogP contribution in [0.1, 0.15) is 36.7 Å². The molecule has 1 aliphatic heterocycles. The second-order valence-electron chi connectivity index (χ2n) is 7.49. The summed E-state index contributed by atoms with van der Waals surface area (Å²) in [5.74, 6) is 8.13. The quantitative estimate of drug-likeness (QED) is 0.463. The molecular formula is C22H25N5O2S. The number of carbonyl (C=O) groups excluding carboxylic acids is 1. The maximum Gasteiger partial charge on any atom is 0.237 e. The zero-order valence-corrected chi connectivity index (χ0v) is 17.9. The number of amides is 1. The Labute approximate surface area is 180 Å². The molecule has 0 saturated heterocycles. The lowest BCUT2D eigenvalue weighted by Crippen LogP contribution is -2.30. The van der Waals surface area contributed by atoms with Crippen LogP contribution in [-0.2, 0) is 17.8 Å². The zero-order chi connectivity index (χ0) is 21.1. The molecule has 0 radical (unpaired) electrons. The van der Waals surface area contributed by atoms with Gasteiger partial charge < -0.3 is 15.5 Å². The third kappa shape index (κ3) is 4.28. The number of nitrogens with zero attached hydrogens (tertiary/aromatic N) is 4. The number of anilines is 1. The molecule has 0 fully saturated rings. The van der Waals surface area contributed by atoms with Crippen LogP contribution in [0.4, 0.5) is 5.69 Å². The lowest BCUT2D eigenvalue weighted by molar-refractivity contribution is -0.116. The van der Waals surface area contributed by atoms with E-state index >= 15 is 0 Å². The van der Waals surface area contributed by atoms with Crippen molar-refractivity contribution >= 4 is 23.4 Å². The van der Waals surface area contributed by atoms with Gasteiger partial charge in [-0.15, -0.1) is 10.2 Å². The molecule has 0 spiro atoms. The van der Waals surface area contributed by atoms with Crippen molar-refractivity contribution < 1.29 is 9.53 Å².